The summed E-state index contributed by atoms with van der Waals surface area (Å²) in [5.74, 6) is -0.402. The number of carbonyl (C=O) groups excluding carboxylic acids is 1. The molecule has 0 atom stereocenters. The zero-order valence-corrected chi connectivity index (χ0v) is 17.0. The Morgan fingerprint density at radius 1 is 1.16 bits per heavy atom. The fourth-order valence-electron chi connectivity index (χ4n) is 2.27. The molecule has 0 aromatic heterocycles. The van der Waals surface area contributed by atoms with Crippen LogP contribution in [0.1, 0.15) is 16.7 Å². The minimum absolute atomic E-state index is 0.0951. The average molecular weight is 446 g/mol. The number of anilines is 1. The highest BCUT2D eigenvalue weighted by molar-refractivity contribution is 9.10. The van der Waals surface area contributed by atoms with Crippen LogP contribution in [0, 0.1) is 13.8 Å². The first-order valence-corrected chi connectivity index (χ1v) is 9.76. The molecule has 134 valence electrons. The van der Waals surface area contributed by atoms with Gasteiger partial charge in [-0.25, -0.2) is 8.42 Å². The van der Waals surface area contributed by atoms with Crippen molar-refractivity contribution in [3.05, 3.63) is 62.6 Å². The Morgan fingerprint density at radius 2 is 1.88 bits per heavy atom. The molecule has 0 aliphatic carbocycles. The fourth-order valence-corrected chi connectivity index (χ4v) is 3.22. The molecule has 1 amide bonds. The number of carbonyl (C=O) groups is 1. The van der Waals surface area contributed by atoms with Gasteiger partial charge in [0.15, 0.2) is 0 Å². The maximum absolute atomic E-state index is 12.2. The largest absolute Gasteiger partial charge is 0.325 e. The van der Waals surface area contributed by atoms with Crippen LogP contribution in [0.5, 0.6) is 0 Å². The molecule has 0 radical (unpaired) electrons. The SMILES string of the molecule is Cc1cc(NC(=O)CN(Cc2cc(Cl)ccc2C)[SH](=O)=O)ccc1Br. The van der Waals surface area contributed by atoms with Crippen LogP contribution in [0.25, 0.3) is 0 Å². The molecule has 0 fully saturated rings. The van der Waals surface area contributed by atoms with Crippen LogP contribution in [-0.2, 0) is 22.2 Å². The molecule has 8 heteroatoms. The van der Waals surface area contributed by atoms with Gasteiger partial charge in [0, 0.05) is 21.7 Å². The van der Waals surface area contributed by atoms with E-state index in [4.69, 9.17) is 11.6 Å². The maximum atomic E-state index is 12.2. The molecule has 0 unspecified atom stereocenters. The minimum atomic E-state index is -2.91. The number of nitrogens with zero attached hydrogens (tertiary/aromatic N) is 1. The van der Waals surface area contributed by atoms with E-state index in [1.807, 2.05) is 32.0 Å². The highest BCUT2D eigenvalue weighted by atomic mass is 79.9. The molecule has 0 heterocycles. The van der Waals surface area contributed by atoms with E-state index in [2.05, 4.69) is 21.2 Å². The smallest absolute Gasteiger partial charge is 0.239 e. The van der Waals surface area contributed by atoms with Crippen molar-refractivity contribution < 1.29 is 13.2 Å². The van der Waals surface area contributed by atoms with Gasteiger partial charge in [0.1, 0.15) is 0 Å². The third-order valence-electron chi connectivity index (χ3n) is 3.66. The van der Waals surface area contributed by atoms with Gasteiger partial charge in [0.05, 0.1) is 6.54 Å². The van der Waals surface area contributed by atoms with Crippen molar-refractivity contribution in [1.82, 2.24) is 4.31 Å². The van der Waals surface area contributed by atoms with Gasteiger partial charge in [0.2, 0.25) is 16.8 Å². The van der Waals surface area contributed by atoms with Crippen molar-refractivity contribution >= 4 is 50.0 Å². The number of hydrogen-bond acceptors (Lipinski definition) is 3. The summed E-state index contributed by atoms with van der Waals surface area (Å²) in [4.78, 5) is 12.2. The quantitative estimate of drug-likeness (QED) is 0.667. The Balaban J connectivity index is 2.09. The Morgan fingerprint density at radius 3 is 2.52 bits per heavy atom. The number of hydrogen-bond donors (Lipinski definition) is 2. The molecule has 25 heavy (non-hydrogen) atoms. The summed E-state index contributed by atoms with van der Waals surface area (Å²) in [6, 6.07) is 10.6. The standard InChI is InChI=1S/C17H18BrClN2O3S/c1-11-3-4-14(19)8-13(11)9-21(25(23)24)10-17(22)20-15-5-6-16(18)12(2)7-15/h3-8,25H,9-10H2,1-2H3,(H,20,22). The topological polar surface area (TPSA) is 66.5 Å². The van der Waals surface area contributed by atoms with Crippen molar-refractivity contribution in [2.24, 2.45) is 0 Å². The van der Waals surface area contributed by atoms with E-state index in [0.29, 0.717) is 10.7 Å². The molecule has 1 N–H and O–H groups in total. The molecular formula is C17H18BrClN2O3S. The molecule has 0 aliphatic rings. The van der Waals surface area contributed by atoms with Crippen molar-refractivity contribution in [1.29, 1.82) is 0 Å². The third kappa shape index (κ3) is 5.81. The Bertz CT molecular complexity index is 863. The lowest BCUT2D eigenvalue weighted by Gasteiger charge is -2.17. The van der Waals surface area contributed by atoms with Gasteiger partial charge in [-0.3, -0.25) is 4.79 Å². The van der Waals surface area contributed by atoms with Gasteiger partial charge in [-0.15, -0.1) is 0 Å². The lowest BCUT2D eigenvalue weighted by molar-refractivity contribution is -0.116. The first-order chi connectivity index (χ1) is 11.8. The fraction of sp³-hybridized carbons (Fsp3) is 0.235. The van der Waals surface area contributed by atoms with Crippen LogP contribution in [0.4, 0.5) is 5.69 Å². The van der Waals surface area contributed by atoms with Gasteiger partial charge < -0.3 is 5.32 Å². The monoisotopic (exact) mass is 444 g/mol. The van der Waals surface area contributed by atoms with Gasteiger partial charge >= 0.3 is 0 Å². The summed E-state index contributed by atoms with van der Waals surface area (Å²) in [5, 5.41) is 3.24. The molecule has 5 nitrogen and oxygen atoms in total. The average Bonchev–Trinajstić information content (AvgIpc) is 2.53. The normalized spacial score (nSPS) is 11.1. The lowest BCUT2D eigenvalue weighted by atomic mass is 10.1. The van der Waals surface area contributed by atoms with E-state index in [-0.39, 0.29) is 13.1 Å². The first-order valence-electron chi connectivity index (χ1n) is 7.46. The molecule has 0 bridgehead atoms. The minimum Gasteiger partial charge on any atom is -0.325 e. The number of benzene rings is 2. The van der Waals surface area contributed by atoms with Crippen molar-refractivity contribution in [2.45, 2.75) is 20.4 Å². The van der Waals surface area contributed by atoms with Gasteiger partial charge in [0.25, 0.3) is 0 Å². The number of nitrogens with one attached hydrogen (secondary N) is 1. The van der Waals surface area contributed by atoms with E-state index in [0.717, 1.165) is 25.5 Å². The number of amides is 1. The summed E-state index contributed by atoms with van der Waals surface area (Å²) >= 11 is 9.36. The van der Waals surface area contributed by atoms with Crippen LogP contribution in [-0.4, -0.2) is 25.2 Å². The second-order valence-corrected chi connectivity index (χ2v) is 7.98. The maximum Gasteiger partial charge on any atom is 0.239 e. The highest BCUT2D eigenvalue weighted by Gasteiger charge is 2.15. The highest BCUT2D eigenvalue weighted by Crippen LogP contribution is 2.20. The van der Waals surface area contributed by atoms with E-state index in [9.17, 15) is 13.2 Å². The summed E-state index contributed by atoms with van der Waals surface area (Å²) in [6.07, 6.45) is 0. The van der Waals surface area contributed by atoms with Crippen LogP contribution in [0.2, 0.25) is 5.02 Å². The van der Waals surface area contributed by atoms with E-state index >= 15 is 0 Å². The van der Waals surface area contributed by atoms with E-state index in [1.54, 1.807) is 18.2 Å². The molecular weight excluding hydrogens is 428 g/mol. The zero-order chi connectivity index (χ0) is 18.6. The van der Waals surface area contributed by atoms with Crippen LogP contribution in [0.15, 0.2) is 40.9 Å². The molecule has 0 saturated heterocycles. The van der Waals surface area contributed by atoms with Crippen LogP contribution in [0.3, 0.4) is 0 Å². The number of halogens is 2. The molecule has 0 saturated carbocycles. The van der Waals surface area contributed by atoms with Gasteiger partial charge in [-0.05, 0) is 60.9 Å². The number of thiol groups is 1. The third-order valence-corrected chi connectivity index (χ3v) is 5.53. The second kappa shape index (κ2) is 8.80. The van der Waals surface area contributed by atoms with Crippen LogP contribution >= 0.6 is 27.5 Å². The summed E-state index contributed by atoms with van der Waals surface area (Å²) in [7, 11) is -2.91. The van der Waals surface area contributed by atoms with Crippen molar-refractivity contribution in [3.8, 4) is 0 Å². The molecule has 0 aliphatic heterocycles. The van der Waals surface area contributed by atoms with E-state index in [1.165, 1.54) is 0 Å². The first kappa shape index (κ1) is 19.9. The van der Waals surface area contributed by atoms with Gasteiger partial charge in [-0.2, -0.15) is 4.31 Å². The van der Waals surface area contributed by atoms with E-state index < -0.39 is 16.8 Å². The molecule has 2 aromatic carbocycles. The second-order valence-electron chi connectivity index (χ2n) is 5.64. The van der Waals surface area contributed by atoms with Crippen LogP contribution < -0.4 is 5.32 Å². The Labute approximate surface area is 162 Å². The lowest BCUT2D eigenvalue weighted by Crippen LogP contribution is -2.32. The predicted octanol–water partition coefficient (Wildman–Crippen LogP) is 3.69. The molecule has 2 aromatic rings. The zero-order valence-electron chi connectivity index (χ0n) is 13.8. The number of rotatable bonds is 6. The van der Waals surface area contributed by atoms with Gasteiger partial charge in [-0.1, -0.05) is 33.6 Å². The van der Waals surface area contributed by atoms with Crippen molar-refractivity contribution in [2.75, 3.05) is 11.9 Å². The summed E-state index contributed by atoms with van der Waals surface area (Å²) < 4.78 is 25.1. The van der Waals surface area contributed by atoms with Crippen molar-refractivity contribution in [3.63, 3.8) is 0 Å². The molecule has 0 spiro atoms. The Hall–Kier alpha value is -1.41. The summed E-state index contributed by atoms with van der Waals surface area (Å²) in [5.41, 5.74) is 3.26. The Kier molecular flexibility index (Phi) is 7.01. The number of aryl methyl sites for hydroxylation is 2. The summed E-state index contributed by atoms with van der Waals surface area (Å²) in [6.45, 7) is 3.60. The molecule has 2 rings (SSSR count). The predicted molar refractivity (Wildman–Crippen MR) is 104 cm³/mol.